The zero-order valence-electron chi connectivity index (χ0n) is 17.0. The first-order valence-corrected chi connectivity index (χ1v) is 8.97. The average molecular weight is 353 g/mol. The quantitative estimate of drug-likeness (QED) is 0.485. The highest BCUT2D eigenvalue weighted by atomic mass is 16.6. The molecule has 0 saturated carbocycles. The SMILES string of the molecule is C=CC(=O)OCC(COc1ccccc1)OC(C)(C)C.CC.CCC. The van der Waals surface area contributed by atoms with Crippen LogP contribution in [0.15, 0.2) is 43.0 Å². The largest absolute Gasteiger partial charge is 0.491 e. The summed E-state index contributed by atoms with van der Waals surface area (Å²) in [7, 11) is 0. The molecule has 1 atom stereocenters. The molecule has 1 unspecified atom stereocenters. The molecular weight excluding hydrogens is 316 g/mol. The van der Waals surface area contributed by atoms with Crippen molar-refractivity contribution in [2.24, 2.45) is 0 Å². The van der Waals surface area contributed by atoms with Gasteiger partial charge in [0.2, 0.25) is 0 Å². The van der Waals surface area contributed by atoms with E-state index in [0.717, 1.165) is 11.8 Å². The van der Waals surface area contributed by atoms with E-state index < -0.39 is 5.97 Å². The second kappa shape index (κ2) is 15.7. The standard InChI is InChI=1S/C16H22O4.C3H8.C2H6/c1-5-15(17)19-12-14(20-16(2,3)4)11-18-13-9-7-6-8-10-13;1-3-2;1-2/h5-10,14H,1,11-12H2,2-4H3;3H2,1-2H3;1-2H3. The Morgan fingerprint density at radius 1 is 1.12 bits per heavy atom. The fourth-order valence-corrected chi connectivity index (χ4v) is 1.56. The first kappa shape index (κ1) is 25.4. The first-order valence-electron chi connectivity index (χ1n) is 8.97. The zero-order valence-corrected chi connectivity index (χ0v) is 17.0. The van der Waals surface area contributed by atoms with E-state index in [4.69, 9.17) is 14.2 Å². The number of carbonyl (C=O) groups excluding carboxylic acids is 1. The topological polar surface area (TPSA) is 44.8 Å². The van der Waals surface area contributed by atoms with Crippen LogP contribution in [0.25, 0.3) is 0 Å². The van der Waals surface area contributed by atoms with Gasteiger partial charge in [-0.05, 0) is 32.9 Å². The van der Waals surface area contributed by atoms with Crippen LogP contribution in [-0.2, 0) is 14.3 Å². The normalized spacial score (nSPS) is 11.0. The Bertz CT molecular complexity index is 435. The predicted molar refractivity (Wildman–Crippen MR) is 105 cm³/mol. The molecule has 0 radical (unpaired) electrons. The van der Waals surface area contributed by atoms with Crippen molar-refractivity contribution < 1.29 is 19.0 Å². The molecule has 0 amide bonds. The summed E-state index contributed by atoms with van der Waals surface area (Å²) in [6.45, 7) is 17.9. The van der Waals surface area contributed by atoms with Crippen LogP contribution in [0.5, 0.6) is 5.75 Å². The van der Waals surface area contributed by atoms with Gasteiger partial charge in [-0.15, -0.1) is 0 Å². The van der Waals surface area contributed by atoms with Crippen molar-refractivity contribution >= 4 is 5.97 Å². The van der Waals surface area contributed by atoms with Gasteiger partial charge in [0.15, 0.2) is 0 Å². The van der Waals surface area contributed by atoms with Gasteiger partial charge in [0.1, 0.15) is 25.1 Å². The second-order valence-electron chi connectivity index (χ2n) is 6.02. The maximum Gasteiger partial charge on any atom is 0.330 e. The minimum Gasteiger partial charge on any atom is -0.491 e. The molecule has 1 aromatic rings. The predicted octanol–water partition coefficient (Wildman–Crippen LogP) is 5.42. The van der Waals surface area contributed by atoms with Crippen LogP contribution in [0, 0.1) is 0 Å². The zero-order chi connectivity index (χ0) is 19.7. The number of hydrogen-bond acceptors (Lipinski definition) is 4. The molecule has 0 aliphatic carbocycles. The summed E-state index contributed by atoms with van der Waals surface area (Å²) in [5.74, 6) is 0.289. The van der Waals surface area contributed by atoms with E-state index in [0.29, 0.717) is 6.61 Å². The monoisotopic (exact) mass is 352 g/mol. The van der Waals surface area contributed by atoms with Gasteiger partial charge in [-0.2, -0.15) is 0 Å². The number of esters is 1. The Morgan fingerprint density at radius 3 is 2.08 bits per heavy atom. The molecule has 0 saturated heterocycles. The third kappa shape index (κ3) is 16.8. The molecule has 0 N–H and O–H groups in total. The summed E-state index contributed by atoms with van der Waals surface area (Å²) < 4.78 is 16.5. The number of carbonyl (C=O) groups is 1. The number of ether oxygens (including phenoxy) is 3. The molecule has 1 aromatic carbocycles. The molecule has 0 spiro atoms. The van der Waals surface area contributed by atoms with Gasteiger partial charge in [-0.25, -0.2) is 4.79 Å². The lowest BCUT2D eigenvalue weighted by molar-refractivity contribution is -0.149. The van der Waals surface area contributed by atoms with E-state index >= 15 is 0 Å². The van der Waals surface area contributed by atoms with E-state index in [9.17, 15) is 4.79 Å². The minimum atomic E-state index is -0.466. The number of rotatable bonds is 7. The summed E-state index contributed by atoms with van der Waals surface area (Å²) in [5.41, 5.74) is -0.342. The van der Waals surface area contributed by atoms with E-state index in [2.05, 4.69) is 20.4 Å². The Labute approximate surface area is 154 Å². The summed E-state index contributed by atoms with van der Waals surface area (Å²) >= 11 is 0. The van der Waals surface area contributed by atoms with Gasteiger partial charge in [-0.3, -0.25) is 0 Å². The van der Waals surface area contributed by atoms with Crippen molar-refractivity contribution in [3.05, 3.63) is 43.0 Å². The van der Waals surface area contributed by atoms with Crippen molar-refractivity contribution in [3.8, 4) is 5.75 Å². The van der Waals surface area contributed by atoms with Crippen molar-refractivity contribution in [1.82, 2.24) is 0 Å². The fourth-order valence-electron chi connectivity index (χ4n) is 1.56. The molecule has 0 aliphatic rings. The molecule has 0 aromatic heterocycles. The fraction of sp³-hybridized carbons (Fsp3) is 0.571. The first-order chi connectivity index (χ1) is 11.8. The highest BCUT2D eigenvalue weighted by Crippen LogP contribution is 2.14. The van der Waals surface area contributed by atoms with Gasteiger partial charge in [-0.1, -0.05) is 58.9 Å². The van der Waals surface area contributed by atoms with Crippen LogP contribution >= 0.6 is 0 Å². The Hall–Kier alpha value is -1.81. The second-order valence-corrected chi connectivity index (χ2v) is 6.02. The van der Waals surface area contributed by atoms with Crippen LogP contribution < -0.4 is 4.74 Å². The van der Waals surface area contributed by atoms with Crippen molar-refractivity contribution in [1.29, 1.82) is 0 Å². The maximum atomic E-state index is 11.1. The number of benzene rings is 1. The third-order valence-electron chi connectivity index (χ3n) is 2.28. The minimum absolute atomic E-state index is 0.134. The van der Waals surface area contributed by atoms with Crippen LogP contribution in [0.3, 0.4) is 0 Å². The molecule has 1 rings (SSSR count). The lowest BCUT2D eigenvalue weighted by Crippen LogP contribution is -2.35. The smallest absolute Gasteiger partial charge is 0.330 e. The summed E-state index contributed by atoms with van der Waals surface area (Å²) in [6.07, 6.45) is 2.05. The summed E-state index contributed by atoms with van der Waals surface area (Å²) in [6, 6.07) is 9.44. The van der Waals surface area contributed by atoms with E-state index in [1.807, 2.05) is 65.0 Å². The maximum absolute atomic E-state index is 11.1. The molecule has 4 nitrogen and oxygen atoms in total. The molecule has 4 heteroatoms. The van der Waals surface area contributed by atoms with Crippen LogP contribution in [-0.4, -0.2) is 30.9 Å². The van der Waals surface area contributed by atoms with Crippen LogP contribution in [0.4, 0.5) is 0 Å². The van der Waals surface area contributed by atoms with E-state index in [1.165, 1.54) is 6.42 Å². The highest BCUT2D eigenvalue weighted by molar-refractivity contribution is 5.81. The Balaban J connectivity index is 0. The molecule has 0 fully saturated rings. The average Bonchev–Trinajstić information content (AvgIpc) is 2.59. The lowest BCUT2D eigenvalue weighted by Gasteiger charge is -2.27. The van der Waals surface area contributed by atoms with E-state index in [1.54, 1.807) is 0 Å². The Kier molecular flexibility index (Phi) is 16.0. The molecule has 0 heterocycles. The summed E-state index contributed by atoms with van der Waals surface area (Å²) in [5, 5.41) is 0. The molecule has 25 heavy (non-hydrogen) atoms. The van der Waals surface area contributed by atoms with Crippen molar-refractivity contribution in [2.75, 3.05) is 13.2 Å². The summed E-state index contributed by atoms with van der Waals surface area (Å²) in [4.78, 5) is 11.1. The molecule has 144 valence electrons. The highest BCUT2D eigenvalue weighted by Gasteiger charge is 2.21. The third-order valence-corrected chi connectivity index (χ3v) is 2.28. The van der Waals surface area contributed by atoms with Gasteiger partial charge in [0, 0.05) is 6.08 Å². The van der Waals surface area contributed by atoms with Crippen molar-refractivity contribution in [3.63, 3.8) is 0 Å². The molecule has 0 aliphatic heterocycles. The number of hydrogen-bond donors (Lipinski definition) is 0. The molecular formula is C21H36O4. The van der Waals surface area contributed by atoms with Crippen LogP contribution in [0.1, 0.15) is 54.9 Å². The van der Waals surface area contributed by atoms with E-state index in [-0.39, 0.29) is 18.3 Å². The van der Waals surface area contributed by atoms with Gasteiger partial charge < -0.3 is 14.2 Å². The van der Waals surface area contributed by atoms with Gasteiger partial charge >= 0.3 is 5.97 Å². The number of para-hydroxylation sites is 1. The lowest BCUT2D eigenvalue weighted by atomic mass is 10.2. The molecule has 0 bridgehead atoms. The Morgan fingerprint density at radius 2 is 1.64 bits per heavy atom. The van der Waals surface area contributed by atoms with Crippen molar-refractivity contribution in [2.45, 2.75) is 66.6 Å². The van der Waals surface area contributed by atoms with Gasteiger partial charge in [0.05, 0.1) is 5.60 Å². The van der Waals surface area contributed by atoms with Crippen LogP contribution in [0.2, 0.25) is 0 Å². The van der Waals surface area contributed by atoms with Gasteiger partial charge in [0.25, 0.3) is 0 Å².